The van der Waals surface area contributed by atoms with Crippen molar-refractivity contribution in [3.8, 4) is 0 Å². The minimum absolute atomic E-state index is 0.878. The van der Waals surface area contributed by atoms with Gasteiger partial charge in [0.15, 0.2) is 0 Å². The highest BCUT2D eigenvalue weighted by Gasteiger charge is 2.18. The van der Waals surface area contributed by atoms with Crippen LogP contribution in [0.3, 0.4) is 0 Å². The predicted octanol–water partition coefficient (Wildman–Crippen LogP) is 2.02. The number of ether oxygens (including phenoxy) is 1. The third kappa shape index (κ3) is 2.25. The van der Waals surface area contributed by atoms with Crippen LogP contribution in [0.1, 0.15) is 26.2 Å². The van der Waals surface area contributed by atoms with Crippen molar-refractivity contribution in [3.05, 3.63) is 11.8 Å². The molecule has 0 aromatic rings. The third-order valence-electron chi connectivity index (χ3n) is 3.01. The zero-order valence-corrected chi connectivity index (χ0v) is 8.46. The molecule has 1 aliphatic heterocycles. The van der Waals surface area contributed by atoms with E-state index < -0.39 is 0 Å². The first-order valence-corrected chi connectivity index (χ1v) is 5.38. The largest absolute Gasteiger partial charge is 0.378 e. The van der Waals surface area contributed by atoms with Gasteiger partial charge in [-0.25, -0.2) is 0 Å². The second kappa shape index (κ2) is 4.14. The van der Waals surface area contributed by atoms with Gasteiger partial charge in [-0.1, -0.05) is 13.0 Å². The second-order valence-corrected chi connectivity index (χ2v) is 4.18. The number of nitrogens with zero attached hydrogens (tertiary/aromatic N) is 1. The van der Waals surface area contributed by atoms with E-state index in [1.165, 1.54) is 19.3 Å². The fraction of sp³-hybridized carbons (Fsp3) is 0.818. The molecule has 0 bridgehead atoms. The number of morpholine rings is 1. The normalized spacial score (nSPS) is 30.1. The van der Waals surface area contributed by atoms with Crippen LogP contribution in [0, 0.1) is 5.92 Å². The summed E-state index contributed by atoms with van der Waals surface area (Å²) < 4.78 is 5.35. The highest BCUT2D eigenvalue weighted by Crippen LogP contribution is 2.26. The third-order valence-corrected chi connectivity index (χ3v) is 3.01. The summed E-state index contributed by atoms with van der Waals surface area (Å²) in [6.07, 6.45) is 6.34. The summed E-state index contributed by atoms with van der Waals surface area (Å²) in [4.78, 5) is 2.50. The van der Waals surface area contributed by atoms with E-state index in [4.69, 9.17) is 4.74 Å². The van der Waals surface area contributed by atoms with Crippen LogP contribution in [0.4, 0.5) is 0 Å². The van der Waals surface area contributed by atoms with Crippen molar-refractivity contribution in [3.63, 3.8) is 0 Å². The Labute approximate surface area is 80.6 Å². The molecule has 0 spiro atoms. The number of rotatable bonds is 1. The standard InChI is InChI=1S/C11H19NO/c1-10-3-2-4-11(9-10)12-5-7-13-8-6-12/h4,10H,2-3,5-9H2,1H3. The highest BCUT2D eigenvalue weighted by molar-refractivity contribution is 5.06. The van der Waals surface area contributed by atoms with Gasteiger partial charge >= 0.3 is 0 Å². The molecule has 1 aliphatic carbocycles. The summed E-state index contributed by atoms with van der Waals surface area (Å²) in [7, 11) is 0. The molecule has 0 aromatic carbocycles. The quantitative estimate of drug-likeness (QED) is 0.613. The van der Waals surface area contributed by atoms with Crippen LogP contribution in [0.25, 0.3) is 0 Å². The van der Waals surface area contributed by atoms with Crippen molar-refractivity contribution in [1.82, 2.24) is 4.90 Å². The molecule has 1 unspecified atom stereocenters. The van der Waals surface area contributed by atoms with E-state index in [2.05, 4.69) is 17.9 Å². The molecule has 1 heterocycles. The number of allylic oxidation sites excluding steroid dienone is 2. The molecule has 74 valence electrons. The first-order valence-electron chi connectivity index (χ1n) is 5.38. The Balaban J connectivity index is 1.94. The van der Waals surface area contributed by atoms with Crippen LogP contribution in [0.5, 0.6) is 0 Å². The van der Waals surface area contributed by atoms with Gasteiger partial charge in [-0.15, -0.1) is 0 Å². The first-order chi connectivity index (χ1) is 6.36. The van der Waals surface area contributed by atoms with Gasteiger partial charge in [0.25, 0.3) is 0 Å². The number of hydrogen-bond acceptors (Lipinski definition) is 2. The lowest BCUT2D eigenvalue weighted by atomic mass is 9.93. The molecule has 0 radical (unpaired) electrons. The van der Waals surface area contributed by atoms with Crippen LogP contribution in [-0.4, -0.2) is 31.2 Å². The van der Waals surface area contributed by atoms with Gasteiger partial charge in [-0.2, -0.15) is 0 Å². The van der Waals surface area contributed by atoms with E-state index >= 15 is 0 Å². The molecule has 2 aliphatic rings. The van der Waals surface area contributed by atoms with Crippen molar-refractivity contribution in [2.75, 3.05) is 26.3 Å². The van der Waals surface area contributed by atoms with Crippen molar-refractivity contribution in [2.45, 2.75) is 26.2 Å². The Hall–Kier alpha value is -0.500. The Kier molecular flexibility index (Phi) is 2.89. The summed E-state index contributed by atoms with van der Waals surface area (Å²) in [5.74, 6) is 0.878. The van der Waals surface area contributed by atoms with E-state index in [1.807, 2.05) is 0 Å². The van der Waals surface area contributed by atoms with E-state index in [9.17, 15) is 0 Å². The Morgan fingerprint density at radius 3 is 2.85 bits per heavy atom. The molecule has 2 rings (SSSR count). The van der Waals surface area contributed by atoms with Crippen LogP contribution in [0.2, 0.25) is 0 Å². The summed E-state index contributed by atoms with van der Waals surface area (Å²) in [5.41, 5.74) is 1.57. The lowest BCUT2D eigenvalue weighted by molar-refractivity contribution is 0.0501. The SMILES string of the molecule is CC1CCC=C(N2CCOCC2)C1. The maximum absolute atomic E-state index is 5.35. The fourth-order valence-electron chi connectivity index (χ4n) is 2.19. The highest BCUT2D eigenvalue weighted by atomic mass is 16.5. The van der Waals surface area contributed by atoms with Gasteiger partial charge in [-0.3, -0.25) is 0 Å². The van der Waals surface area contributed by atoms with Crippen LogP contribution in [0.15, 0.2) is 11.8 Å². The summed E-state index contributed by atoms with van der Waals surface area (Å²) in [6, 6.07) is 0. The fourth-order valence-corrected chi connectivity index (χ4v) is 2.19. The van der Waals surface area contributed by atoms with Gasteiger partial charge in [0.2, 0.25) is 0 Å². The van der Waals surface area contributed by atoms with E-state index in [1.54, 1.807) is 5.70 Å². The van der Waals surface area contributed by atoms with Crippen molar-refractivity contribution in [1.29, 1.82) is 0 Å². The Bertz CT molecular complexity index is 194. The van der Waals surface area contributed by atoms with Crippen molar-refractivity contribution in [2.24, 2.45) is 5.92 Å². The van der Waals surface area contributed by atoms with E-state index in [-0.39, 0.29) is 0 Å². The minimum Gasteiger partial charge on any atom is -0.378 e. The predicted molar refractivity (Wildman–Crippen MR) is 53.5 cm³/mol. The topological polar surface area (TPSA) is 12.5 Å². The molecule has 2 heteroatoms. The van der Waals surface area contributed by atoms with Gasteiger partial charge in [0, 0.05) is 18.8 Å². The second-order valence-electron chi connectivity index (χ2n) is 4.18. The lowest BCUT2D eigenvalue weighted by Crippen LogP contribution is -2.36. The van der Waals surface area contributed by atoms with Gasteiger partial charge in [0.05, 0.1) is 13.2 Å². The van der Waals surface area contributed by atoms with Crippen LogP contribution >= 0.6 is 0 Å². The van der Waals surface area contributed by atoms with Crippen molar-refractivity contribution >= 4 is 0 Å². The van der Waals surface area contributed by atoms with Gasteiger partial charge < -0.3 is 9.64 Å². The van der Waals surface area contributed by atoms with Crippen LogP contribution < -0.4 is 0 Å². The summed E-state index contributed by atoms with van der Waals surface area (Å²) >= 11 is 0. The number of hydrogen-bond donors (Lipinski definition) is 0. The molecule has 13 heavy (non-hydrogen) atoms. The molecule has 0 amide bonds. The Morgan fingerprint density at radius 2 is 2.15 bits per heavy atom. The first kappa shape index (κ1) is 9.07. The minimum atomic E-state index is 0.878. The molecule has 1 saturated heterocycles. The molecule has 1 fully saturated rings. The molecule has 0 aromatic heterocycles. The average Bonchev–Trinajstić information content (AvgIpc) is 2.19. The molecular weight excluding hydrogens is 162 g/mol. The monoisotopic (exact) mass is 181 g/mol. The molecule has 2 nitrogen and oxygen atoms in total. The maximum atomic E-state index is 5.35. The Morgan fingerprint density at radius 1 is 1.38 bits per heavy atom. The summed E-state index contributed by atoms with van der Waals surface area (Å²) in [6.45, 7) is 6.36. The average molecular weight is 181 g/mol. The van der Waals surface area contributed by atoms with Gasteiger partial charge in [0.1, 0.15) is 0 Å². The smallest absolute Gasteiger partial charge is 0.0642 e. The molecule has 0 N–H and O–H groups in total. The molecular formula is C11H19NO. The summed E-state index contributed by atoms with van der Waals surface area (Å²) in [5, 5.41) is 0. The van der Waals surface area contributed by atoms with E-state index in [0.29, 0.717) is 0 Å². The van der Waals surface area contributed by atoms with Crippen molar-refractivity contribution < 1.29 is 4.74 Å². The van der Waals surface area contributed by atoms with E-state index in [0.717, 1.165) is 32.2 Å². The lowest BCUT2D eigenvalue weighted by Gasteiger charge is -2.34. The van der Waals surface area contributed by atoms with Crippen LogP contribution in [-0.2, 0) is 4.74 Å². The zero-order valence-electron chi connectivity index (χ0n) is 8.46. The molecule has 0 saturated carbocycles. The molecule has 1 atom stereocenters. The zero-order chi connectivity index (χ0) is 9.10. The van der Waals surface area contributed by atoms with Gasteiger partial charge in [-0.05, 0) is 25.2 Å². The maximum Gasteiger partial charge on any atom is 0.0642 e.